The Bertz CT molecular complexity index is 972. The van der Waals surface area contributed by atoms with Gasteiger partial charge < -0.3 is 19.3 Å². The molecule has 0 bridgehead atoms. The first-order chi connectivity index (χ1) is 16.2. The van der Waals surface area contributed by atoms with Gasteiger partial charge >= 0.3 is 0 Å². The van der Waals surface area contributed by atoms with Crippen LogP contribution in [0.2, 0.25) is 0 Å². The van der Waals surface area contributed by atoms with E-state index in [4.69, 9.17) is 14.5 Å². The average Bonchev–Trinajstić information content (AvgIpc) is 3.04. The Labute approximate surface area is 195 Å². The van der Waals surface area contributed by atoms with E-state index in [2.05, 4.69) is 14.8 Å². The average molecular weight is 452 g/mol. The van der Waals surface area contributed by atoms with Crippen molar-refractivity contribution in [1.29, 1.82) is 0 Å². The van der Waals surface area contributed by atoms with Crippen LogP contribution in [0, 0.1) is 0 Å². The van der Waals surface area contributed by atoms with Gasteiger partial charge in [-0.25, -0.2) is 9.97 Å². The second-order valence-electron chi connectivity index (χ2n) is 9.07. The lowest BCUT2D eigenvalue weighted by Gasteiger charge is -2.43. The molecule has 33 heavy (non-hydrogen) atoms. The van der Waals surface area contributed by atoms with Crippen molar-refractivity contribution < 1.29 is 14.3 Å². The molecule has 1 aromatic carbocycles. The number of anilines is 1. The van der Waals surface area contributed by atoms with Gasteiger partial charge in [0.05, 0.1) is 12.8 Å². The van der Waals surface area contributed by atoms with E-state index in [0.29, 0.717) is 24.6 Å². The van der Waals surface area contributed by atoms with E-state index < -0.39 is 0 Å². The molecule has 5 rings (SSSR count). The molecule has 1 amide bonds. The van der Waals surface area contributed by atoms with Crippen molar-refractivity contribution in [3.05, 3.63) is 41.7 Å². The van der Waals surface area contributed by atoms with E-state index in [9.17, 15) is 4.79 Å². The SMILES string of the molecule is COc1ccccc1OCC(=O)N1CCc2cnc(N3CCN(C4CCC4)CC3)nc2CC1. The van der Waals surface area contributed by atoms with E-state index in [1.54, 1.807) is 7.11 Å². The number of hydrogen-bond acceptors (Lipinski definition) is 7. The van der Waals surface area contributed by atoms with Crippen molar-refractivity contribution in [2.45, 2.75) is 38.1 Å². The number of para-hydroxylation sites is 2. The van der Waals surface area contributed by atoms with Crippen LogP contribution < -0.4 is 14.4 Å². The van der Waals surface area contributed by atoms with Gasteiger partial charge in [-0.1, -0.05) is 18.6 Å². The summed E-state index contributed by atoms with van der Waals surface area (Å²) >= 11 is 0. The van der Waals surface area contributed by atoms with Crippen molar-refractivity contribution in [3.8, 4) is 11.5 Å². The van der Waals surface area contributed by atoms with Crippen molar-refractivity contribution in [3.63, 3.8) is 0 Å². The van der Waals surface area contributed by atoms with Gasteiger partial charge in [0.2, 0.25) is 5.95 Å². The van der Waals surface area contributed by atoms with Gasteiger partial charge in [-0.15, -0.1) is 0 Å². The summed E-state index contributed by atoms with van der Waals surface area (Å²) in [6, 6.07) is 8.19. The summed E-state index contributed by atoms with van der Waals surface area (Å²) in [5, 5.41) is 0. The molecule has 0 spiro atoms. The largest absolute Gasteiger partial charge is 0.493 e. The number of fused-ring (bicyclic) bond motifs is 1. The van der Waals surface area contributed by atoms with Crippen LogP contribution in [-0.2, 0) is 17.6 Å². The number of nitrogens with zero attached hydrogens (tertiary/aromatic N) is 5. The molecule has 3 heterocycles. The molecule has 176 valence electrons. The third-order valence-electron chi connectivity index (χ3n) is 7.17. The first-order valence-electron chi connectivity index (χ1n) is 12.1. The van der Waals surface area contributed by atoms with E-state index >= 15 is 0 Å². The summed E-state index contributed by atoms with van der Waals surface area (Å²) in [5.74, 6) is 2.03. The highest BCUT2D eigenvalue weighted by molar-refractivity contribution is 5.78. The molecule has 1 aromatic heterocycles. The second-order valence-corrected chi connectivity index (χ2v) is 9.07. The fourth-order valence-corrected chi connectivity index (χ4v) is 4.87. The molecule has 1 saturated heterocycles. The number of aromatic nitrogens is 2. The van der Waals surface area contributed by atoms with Crippen LogP contribution in [0.15, 0.2) is 30.5 Å². The van der Waals surface area contributed by atoms with Gasteiger partial charge in [-0.2, -0.15) is 0 Å². The minimum atomic E-state index is -0.0194. The standard InChI is InChI=1S/C25H33N5O3/c1-32-22-7-2-3-8-23(22)33-18-24(31)29-11-9-19-17-26-25(27-21(19)10-12-29)30-15-13-28(14-16-30)20-5-4-6-20/h2-3,7-8,17,20H,4-6,9-16,18H2,1H3. The van der Waals surface area contributed by atoms with Crippen LogP contribution in [0.25, 0.3) is 0 Å². The molecule has 8 nitrogen and oxygen atoms in total. The zero-order valence-corrected chi connectivity index (χ0v) is 19.4. The lowest BCUT2D eigenvalue weighted by molar-refractivity contribution is -0.133. The fraction of sp³-hybridized carbons (Fsp3) is 0.560. The number of hydrogen-bond donors (Lipinski definition) is 0. The highest BCUT2D eigenvalue weighted by Crippen LogP contribution is 2.27. The minimum Gasteiger partial charge on any atom is -0.493 e. The molecule has 8 heteroatoms. The Balaban J connectivity index is 1.16. The first kappa shape index (κ1) is 21.9. The second kappa shape index (κ2) is 9.95. The normalized spacial score (nSPS) is 19.4. The molecule has 0 N–H and O–H groups in total. The van der Waals surface area contributed by atoms with Crippen molar-refractivity contribution >= 4 is 11.9 Å². The van der Waals surface area contributed by atoms with Gasteiger partial charge in [-0.05, 0) is 37.0 Å². The smallest absolute Gasteiger partial charge is 0.260 e. The third kappa shape index (κ3) is 4.90. The number of piperazine rings is 1. The molecule has 0 unspecified atom stereocenters. The highest BCUT2D eigenvalue weighted by Gasteiger charge is 2.29. The number of amides is 1. The topological polar surface area (TPSA) is 71.0 Å². The third-order valence-corrected chi connectivity index (χ3v) is 7.17. The van der Waals surface area contributed by atoms with Crippen LogP contribution in [0.4, 0.5) is 5.95 Å². The Morgan fingerprint density at radius 2 is 1.79 bits per heavy atom. The Hall–Kier alpha value is -2.87. The molecule has 0 atom stereocenters. The number of rotatable bonds is 6. The number of ether oxygens (including phenoxy) is 2. The van der Waals surface area contributed by atoms with E-state index in [0.717, 1.165) is 62.3 Å². The van der Waals surface area contributed by atoms with Crippen LogP contribution in [0.1, 0.15) is 30.5 Å². The number of carbonyl (C=O) groups is 1. The van der Waals surface area contributed by atoms with Crippen LogP contribution in [-0.4, -0.2) is 84.7 Å². The predicted octanol–water partition coefficient (Wildman–Crippen LogP) is 2.17. The molecule has 2 aliphatic heterocycles. The van der Waals surface area contributed by atoms with Gasteiger partial charge in [0.25, 0.3) is 5.91 Å². The molecular weight excluding hydrogens is 418 g/mol. The maximum absolute atomic E-state index is 12.8. The zero-order valence-electron chi connectivity index (χ0n) is 19.4. The monoisotopic (exact) mass is 451 g/mol. The summed E-state index contributed by atoms with van der Waals surface area (Å²) < 4.78 is 11.0. The summed E-state index contributed by atoms with van der Waals surface area (Å²) in [6.07, 6.45) is 7.57. The van der Waals surface area contributed by atoms with Gasteiger partial charge in [-0.3, -0.25) is 9.69 Å². The van der Waals surface area contributed by atoms with E-state index in [-0.39, 0.29) is 12.5 Å². The number of carbonyl (C=O) groups excluding carboxylic acids is 1. The van der Waals surface area contributed by atoms with Gasteiger partial charge in [0.15, 0.2) is 18.1 Å². The fourth-order valence-electron chi connectivity index (χ4n) is 4.87. The lowest BCUT2D eigenvalue weighted by Crippen LogP contribution is -2.52. The Kier molecular flexibility index (Phi) is 6.62. The zero-order chi connectivity index (χ0) is 22.6. The lowest BCUT2D eigenvalue weighted by atomic mass is 9.91. The molecule has 1 aliphatic carbocycles. The summed E-state index contributed by atoms with van der Waals surface area (Å²) in [7, 11) is 1.60. The van der Waals surface area contributed by atoms with Crippen molar-refractivity contribution in [2.75, 3.05) is 57.9 Å². The molecule has 3 aliphatic rings. The van der Waals surface area contributed by atoms with E-state index in [1.165, 1.54) is 19.3 Å². The van der Waals surface area contributed by atoms with Gasteiger partial charge in [0.1, 0.15) is 0 Å². The van der Waals surface area contributed by atoms with Gasteiger partial charge in [0, 0.05) is 57.9 Å². The van der Waals surface area contributed by atoms with Crippen molar-refractivity contribution in [2.24, 2.45) is 0 Å². The number of benzene rings is 1. The van der Waals surface area contributed by atoms with Crippen LogP contribution in [0.5, 0.6) is 11.5 Å². The summed E-state index contributed by atoms with van der Waals surface area (Å²) in [6.45, 7) is 5.47. The summed E-state index contributed by atoms with van der Waals surface area (Å²) in [4.78, 5) is 29.2. The van der Waals surface area contributed by atoms with Crippen LogP contribution in [0.3, 0.4) is 0 Å². The predicted molar refractivity (Wildman–Crippen MR) is 126 cm³/mol. The molecule has 2 fully saturated rings. The maximum Gasteiger partial charge on any atom is 0.260 e. The Morgan fingerprint density at radius 1 is 1.03 bits per heavy atom. The Morgan fingerprint density at radius 3 is 2.52 bits per heavy atom. The number of methoxy groups -OCH3 is 1. The quantitative estimate of drug-likeness (QED) is 0.667. The van der Waals surface area contributed by atoms with Crippen molar-refractivity contribution in [1.82, 2.24) is 19.8 Å². The summed E-state index contributed by atoms with van der Waals surface area (Å²) in [5.41, 5.74) is 2.22. The first-order valence-corrected chi connectivity index (χ1v) is 12.1. The minimum absolute atomic E-state index is 0.00107. The highest BCUT2D eigenvalue weighted by atomic mass is 16.5. The molecule has 1 saturated carbocycles. The molecular formula is C25H33N5O3. The molecule has 0 radical (unpaired) electrons. The van der Waals surface area contributed by atoms with E-state index in [1.807, 2.05) is 35.4 Å². The maximum atomic E-state index is 12.8. The molecule has 2 aromatic rings. The van der Waals surface area contributed by atoms with Crippen LogP contribution >= 0.6 is 0 Å².